The van der Waals surface area contributed by atoms with E-state index in [0.29, 0.717) is 0 Å². The molecule has 0 amide bonds. The van der Waals surface area contributed by atoms with Gasteiger partial charge >= 0.3 is 0 Å². The Hall–Kier alpha value is -0.640. The highest BCUT2D eigenvalue weighted by molar-refractivity contribution is 14.1. The summed E-state index contributed by atoms with van der Waals surface area (Å²) in [5.41, 5.74) is 2.40. The van der Waals surface area contributed by atoms with E-state index >= 15 is 0 Å². The fourth-order valence-corrected chi connectivity index (χ4v) is 1.89. The molecular formula is C10H8IN. The van der Waals surface area contributed by atoms with Gasteiger partial charge in [-0.3, -0.25) is 4.98 Å². The van der Waals surface area contributed by atoms with Crippen molar-refractivity contribution in [3.63, 3.8) is 0 Å². The molecule has 2 aromatic rings. The van der Waals surface area contributed by atoms with Crippen LogP contribution in [0.15, 0.2) is 30.5 Å². The Morgan fingerprint density at radius 3 is 2.83 bits per heavy atom. The summed E-state index contributed by atoms with van der Waals surface area (Å²) < 4.78 is 1.22. The lowest BCUT2D eigenvalue weighted by molar-refractivity contribution is 1.38. The third kappa shape index (κ3) is 1.20. The Morgan fingerprint density at radius 1 is 1.25 bits per heavy atom. The first-order valence-electron chi connectivity index (χ1n) is 3.79. The maximum Gasteiger partial charge on any atom is 0.0837 e. The number of hydrogen-bond donors (Lipinski definition) is 0. The molecule has 0 radical (unpaired) electrons. The normalized spacial score (nSPS) is 10.5. The molecule has 0 aliphatic heterocycles. The summed E-state index contributed by atoms with van der Waals surface area (Å²) in [6.45, 7) is 2.11. The molecule has 0 aliphatic carbocycles. The van der Waals surface area contributed by atoms with E-state index in [-0.39, 0.29) is 0 Å². The molecule has 2 heteroatoms. The molecule has 0 saturated carbocycles. The molecule has 0 N–H and O–H groups in total. The van der Waals surface area contributed by atoms with Crippen LogP contribution in [0.25, 0.3) is 10.9 Å². The second-order valence-corrected chi connectivity index (χ2v) is 3.93. The van der Waals surface area contributed by atoms with Crippen molar-refractivity contribution in [1.29, 1.82) is 0 Å². The zero-order chi connectivity index (χ0) is 8.55. The highest BCUT2D eigenvalue weighted by Crippen LogP contribution is 2.20. The molecule has 0 spiro atoms. The number of rotatable bonds is 0. The number of benzene rings is 1. The molecular weight excluding hydrogens is 261 g/mol. The predicted octanol–water partition coefficient (Wildman–Crippen LogP) is 3.15. The molecule has 0 bridgehead atoms. The summed E-state index contributed by atoms with van der Waals surface area (Å²) in [5, 5.41) is 1.25. The molecule has 0 aliphatic rings. The van der Waals surface area contributed by atoms with Gasteiger partial charge in [-0.05, 0) is 47.2 Å². The Balaban J connectivity index is 2.95. The third-order valence-electron chi connectivity index (χ3n) is 1.94. The fraction of sp³-hybridized carbons (Fsp3) is 0.100. The molecule has 1 aromatic heterocycles. The molecule has 2 rings (SSSR count). The van der Waals surface area contributed by atoms with Crippen molar-refractivity contribution in [3.8, 4) is 0 Å². The van der Waals surface area contributed by atoms with Crippen LogP contribution < -0.4 is 0 Å². The highest BCUT2D eigenvalue weighted by atomic mass is 127. The Kier molecular flexibility index (Phi) is 2.00. The lowest BCUT2D eigenvalue weighted by Gasteiger charge is -2.01. The van der Waals surface area contributed by atoms with Crippen LogP contribution in [0, 0.1) is 10.5 Å². The lowest BCUT2D eigenvalue weighted by atomic mass is 10.1. The van der Waals surface area contributed by atoms with E-state index in [4.69, 9.17) is 0 Å². The minimum Gasteiger partial charge on any atom is -0.255 e. The molecule has 0 unspecified atom stereocenters. The van der Waals surface area contributed by atoms with Gasteiger partial charge in [-0.1, -0.05) is 12.1 Å². The first-order chi connectivity index (χ1) is 5.79. The maximum absolute atomic E-state index is 4.33. The van der Waals surface area contributed by atoms with Crippen LogP contribution in [-0.4, -0.2) is 4.98 Å². The molecule has 0 saturated heterocycles. The quantitative estimate of drug-likeness (QED) is 0.669. The van der Waals surface area contributed by atoms with E-state index < -0.39 is 0 Å². The second kappa shape index (κ2) is 3.01. The number of nitrogens with zero attached hydrogens (tertiary/aromatic N) is 1. The summed E-state index contributed by atoms with van der Waals surface area (Å²) in [6.07, 6.45) is 1.84. The SMILES string of the molecule is Cc1ccc(I)c2ncccc12. The van der Waals surface area contributed by atoms with E-state index in [1.165, 1.54) is 14.5 Å². The predicted molar refractivity (Wildman–Crippen MR) is 59.2 cm³/mol. The second-order valence-electron chi connectivity index (χ2n) is 2.76. The average Bonchev–Trinajstić information content (AvgIpc) is 2.12. The van der Waals surface area contributed by atoms with Crippen LogP contribution in [0.5, 0.6) is 0 Å². The zero-order valence-corrected chi connectivity index (χ0v) is 8.87. The molecule has 60 valence electrons. The van der Waals surface area contributed by atoms with Crippen LogP contribution in [0.4, 0.5) is 0 Å². The van der Waals surface area contributed by atoms with Gasteiger partial charge in [0.1, 0.15) is 0 Å². The van der Waals surface area contributed by atoms with Crippen molar-refractivity contribution < 1.29 is 0 Å². The van der Waals surface area contributed by atoms with Gasteiger partial charge in [-0.2, -0.15) is 0 Å². The van der Waals surface area contributed by atoms with Gasteiger partial charge < -0.3 is 0 Å². The van der Waals surface area contributed by atoms with Crippen LogP contribution in [0.1, 0.15) is 5.56 Å². The van der Waals surface area contributed by atoms with Gasteiger partial charge in [0.25, 0.3) is 0 Å². The first kappa shape index (κ1) is 7.98. The van der Waals surface area contributed by atoms with E-state index in [9.17, 15) is 0 Å². The number of fused-ring (bicyclic) bond motifs is 1. The Morgan fingerprint density at radius 2 is 2.08 bits per heavy atom. The van der Waals surface area contributed by atoms with Gasteiger partial charge in [0, 0.05) is 15.2 Å². The van der Waals surface area contributed by atoms with Gasteiger partial charge in [0.15, 0.2) is 0 Å². The lowest BCUT2D eigenvalue weighted by Crippen LogP contribution is -1.84. The number of pyridine rings is 1. The van der Waals surface area contributed by atoms with Crippen molar-refractivity contribution in [3.05, 3.63) is 39.6 Å². The number of hydrogen-bond acceptors (Lipinski definition) is 1. The summed E-state index contributed by atoms with van der Waals surface area (Å²) in [4.78, 5) is 4.33. The van der Waals surface area contributed by atoms with Crippen molar-refractivity contribution in [2.45, 2.75) is 6.92 Å². The minimum absolute atomic E-state index is 1.11. The molecule has 12 heavy (non-hydrogen) atoms. The van der Waals surface area contributed by atoms with Crippen LogP contribution in [-0.2, 0) is 0 Å². The van der Waals surface area contributed by atoms with E-state index in [0.717, 1.165) is 5.52 Å². The average molecular weight is 269 g/mol. The van der Waals surface area contributed by atoms with E-state index in [1.807, 2.05) is 12.3 Å². The molecule has 1 nitrogen and oxygen atoms in total. The fourth-order valence-electron chi connectivity index (χ4n) is 1.28. The van der Waals surface area contributed by atoms with Crippen molar-refractivity contribution in [2.75, 3.05) is 0 Å². The number of aromatic nitrogens is 1. The zero-order valence-electron chi connectivity index (χ0n) is 6.71. The summed E-state index contributed by atoms with van der Waals surface area (Å²) >= 11 is 2.31. The summed E-state index contributed by atoms with van der Waals surface area (Å²) in [6, 6.07) is 8.32. The molecule has 0 atom stereocenters. The number of aryl methyl sites for hydroxylation is 1. The first-order valence-corrected chi connectivity index (χ1v) is 4.87. The van der Waals surface area contributed by atoms with Crippen LogP contribution in [0.3, 0.4) is 0 Å². The van der Waals surface area contributed by atoms with Crippen LogP contribution in [0.2, 0.25) is 0 Å². The van der Waals surface area contributed by atoms with Crippen LogP contribution >= 0.6 is 22.6 Å². The maximum atomic E-state index is 4.33. The largest absolute Gasteiger partial charge is 0.255 e. The molecule has 1 aromatic carbocycles. The van der Waals surface area contributed by atoms with Crippen molar-refractivity contribution in [2.24, 2.45) is 0 Å². The van der Waals surface area contributed by atoms with E-state index in [2.05, 4.69) is 52.7 Å². The Bertz CT molecular complexity index is 383. The van der Waals surface area contributed by atoms with Gasteiger partial charge in [0.05, 0.1) is 5.52 Å². The highest BCUT2D eigenvalue weighted by Gasteiger charge is 2.00. The monoisotopic (exact) mass is 269 g/mol. The molecule has 1 heterocycles. The third-order valence-corrected chi connectivity index (χ3v) is 2.81. The van der Waals surface area contributed by atoms with Gasteiger partial charge in [-0.15, -0.1) is 0 Å². The molecule has 0 fully saturated rings. The summed E-state index contributed by atoms with van der Waals surface area (Å²) in [7, 11) is 0. The number of halogens is 1. The van der Waals surface area contributed by atoms with Crippen molar-refractivity contribution in [1.82, 2.24) is 4.98 Å². The van der Waals surface area contributed by atoms with Crippen molar-refractivity contribution >= 4 is 33.5 Å². The topological polar surface area (TPSA) is 12.9 Å². The summed E-state index contributed by atoms with van der Waals surface area (Å²) in [5.74, 6) is 0. The minimum atomic E-state index is 1.11. The van der Waals surface area contributed by atoms with E-state index in [1.54, 1.807) is 0 Å². The smallest absolute Gasteiger partial charge is 0.0837 e. The standard InChI is InChI=1S/C10H8IN/c1-7-4-5-9(11)10-8(7)3-2-6-12-10/h2-6H,1H3. The Labute approximate surface area is 85.0 Å². The van der Waals surface area contributed by atoms with Gasteiger partial charge in [-0.25, -0.2) is 0 Å². The van der Waals surface area contributed by atoms with Gasteiger partial charge in [0.2, 0.25) is 0 Å².